The zero-order valence-electron chi connectivity index (χ0n) is 18.2. The molecule has 1 aliphatic heterocycles. The Morgan fingerprint density at radius 3 is 2.45 bits per heavy atom. The maximum absolute atomic E-state index is 13.6. The van der Waals surface area contributed by atoms with Crippen LogP contribution in [0, 0.1) is 0 Å². The molecule has 7 heteroatoms. The first kappa shape index (κ1) is 23.1. The van der Waals surface area contributed by atoms with E-state index in [-0.39, 0.29) is 17.7 Å². The lowest BCUT2D eigenvalue weighted by Gasteiger charge is -2.24. The Hall–Kier alpha value is -3.03. The van der Waals surface area contributed by atoms with Gasteiger partial charge in [0.25, 0.3) is 5.91 Å². The van der Waals surface area contributed by atoms with Crippen LogP contribution in [0.2, 0.25) is 0 Å². The van der Waals surface area contributed by atoms with Crippen molar-refractivity contribution in [2.75, 3.05) is 6.61 Å². The minimum atomic E-state index is -0.190. The molecule has 0 bridgehead atoms. The normalized spacial score (nSPS) is 17.1. The predicted octanol–water partition coefficient (Wildman–Crippen LogP) is 6.92. The first-order valence-electron chi connectivity index (χ1n) is 10.5. The molecule has 0 aromatic heterocycles. The van der Waals surface area contributed by atoms with Gasteiger partial charge in [-0.3, -0.25) is 9.69 Å². The summed E-state index contributed by atoms with van der Waals surface area (Å²) in [6, 6.07) is 22.8. The Balaban J connectivity index is 1.75. The molecule has 33 heavy (non-hydrogen) atoms. The van der Waals surface area contributed by atoms with Gasteiger partial charge in [0.1, 0.15) is 0 Å². The molecule has 1 atom stereocenters. The number of ether oxygens (including phenoxy) is 1. The minimum Gasteiger partial charge on any atom is -0.503 e. The molecule has 0 saturated carbocycles. The van der Waals surface area contributed by atoms with Crippen LogP contribution >= 0.6 is 27.7 Å². The molecule has 5 nitrogen and oxygen atoms in total. The number of hydrogen-bond acceptors (Lipinski definition) is 5. The van der Waals surface area contributed by atoms with E-state index in [0.717, 1.165) is 16.8 Å². The maximum atomic E-state index is 13.6. The highest BCUT2D eigenvalue weighted by Crippen LogP contribution is 2.41. The first-order chi connectivity index (χ1) is 16.0. The number of amides is 1. The molecule has 0 radical (unpaired) electrons. The van der Waals surface area contributed by atoms with E-state index in [1.165, 1.54) is 11.8 Å². The van der Waals surface area contributed by atoms with Crippen molar-refractivity contribution >= 4 is 50.5 Å². The number of aliphatic imine (C=N–C) groups is 1. The lowest BCUT2D eigenvalue weighted by Crippen LogP contribution is -2.32. The number of carbonyl (C=O) groups is 1. The van der Waals surface area contributed by atoms with Crippen LogP contribution < -0.4 is 4.74 Å². The van der Waals surface area contributed by atoms with Gasteiger partial charge in [0, 0.05) is 0 Å². The van der Waals surface area contributed by atoms with Crippen molar-refractivity contribution in [3.05, 3.63) is 93.3 Å². The van der Waals surface area contributed by atoms with Crippen LogP contribution in [0.15, 0.2) is 87.2 Å². The highest BCUT2D eigenvalue weighted by Gasteiger charge is 2.37. The van der Waals surface area contributed by atoms with Crippen LogP contribution in [0.5, 0.6) is 11.5 Å². The number of halogens is 1. The lowest BCUT2D eigenvalue weighted by molar-refractivity contribution is -0.123. The van der Waals surface area contributed by atoms with E-state index >= 15 is 0 Å². The summed E-state index contributed by atoms with van der Waals surface area (Å²) < 4.78 is 6.03. The van der Waals surface area contributed by atoms with Gasteiger partial charge in [-0.2, -0.15) is 0 Å². The Kier molecular flexibility index (Phi) is 7.20. The van der Waals surface area contributed by atoms with Gasteiger partial charge in [0.2, 0.25) is 0 Å². The van der Waals surface area contributed by atoms with E-state index in [2.05, 4.69) is 15.9 Å². The SMILES string of the molecule is CCOc1cc(/C=C2/SC(=Nc3ccccc3)N([C@H](C)c3ccccc3)C2=O)cc(Br)c1O. The fourth-order valence-electron chi connectivity index (χ4n) is 3.49. The highest BCUT2D eigenvalue weighted by atomic mass is 79.9. The third-order valence-electron chi connectivity index (χ3n) is 5.14. The molecule has 0 unspecified atom stereocenters. The Morgan fingerprint density at radius 2 is 1.79 bits per heavy atom. The number of rotatable bonds is 6. The second-order valence-electron chi connectivity index (χ2n) is 7.38. The third kappa shape index (κ3) is 5.15. The van der Waals surface area contributed by atoms with Gasteiger partial charge in [0.05, 0.1) is 27.7 Å². The van der Waals surface area contributed by atoms with E-state index in [4.69, 9.17) is 9.73 Å². The van der Waals surface area contributed by atoms with E-state index in [9.17, 15) is 9.90 Å². The second kappa shape index (κ2) is 10.3. The molecule has 1 heterocycles. The molecule has 1 fully saturated rings. The summed E-state index contributed by atoms with van der Waals surface area (Å²) in [6.07, 6.45) is 1.80. The fraction of sp³-hybridized carbons (Fsp3) is 0.154. The Morgan fingerprint density at radius 1 is 1.12 bits per heavy atom. The summed E-state index contributed by atoms with van der Waals surface area (Å²) in [5.41, 5.74) is 2.55. The van der Waals surface area contributed by atoms with Crippen molar-refractivity contribution in [1.29, 1.82) is 0 Å². The van der Waals surface area contributed by atoms with Crippen molar-refractivity contribution in [3.8, 4) is 11.5 Å². The number of amidine groups is 1. The number of phenols is 1. The Labute approximate surface area is 205 Å². The Bertz CT molecular complexity index is 1210. The standard InChI is InChI=1S/C26H23BrN2O3S/c1-3-32-22-15-18(14-21(27)24(22)30)16-23-25(31)29(17(2)19-10-6-4-7-11-19)26(33-23)28-20-12-8-5-9-13-20/h4-17,30H,3H2,1-2H3/b23-16+,28-26?/t17-/m1/s1. The van der Waals surface area contributed by atoms with E-state index in [1.807, 2.05) is 74.5 Å². The largest absolute Gasteiger partial charge is 0.503 e. The molecule has 1 saturated heterocycles. The zero-order valence-corrected chi connectivity index (χ0v) is 20.6. The van der Waals surface area contributed by atoms with Gasteiger partial charge >= 0.3 is 0 Å². The molecule has 1 amide bonds. The molecule has 1 N–H and O–H groups in total. The summed E-state index contributed by atoms with van der Waals surface area (Å²) in [7, 11) is 0. The number of hydrogen-bond donors (Lipinski definition) is 1. The lowest BCUT2D eigenvalue weighted by atomic mass is 10.1. The topological polar surface area (TPSA) is 62.1 Å². The summed E-state index contributed by atoms with van der Waals surface area (Å²) in [6.45, 7) is 4.27. The maximum Gasteiger partial charge on any atom is 0.267 e. The average molecular weight is 523 g/mol. The number of carbonyl (C=O) groups excluding carboxylic acids is 1. The van der Waals surface area contributed by atoms with E-state index in [1.54, 1.807) is 23.1 Å². The smallest absolute Gasteiger partial charge is 0.267 e. The quantitative estimate of drug-likeness (QED) is 0.357. The number of phenolic OH excluding ortho intramolecular Hbond substituents is 1. The molecule has 168 valence electrons. The van der Waals surface area contributed by atoms with E-state index in [0.29, 0.717) is 26.9 Å². The number of nitrogens with zero attached hydrogens (tertiary/aromatic N) is 2. The van der Waals surface area contributed by atoms with Crippen molar-refractivity contribution < 1.29 is 14.6 Å². The van der Waals surface area contributed by atoms with Crippen molar-refractivity contribution in [2.45, 2.75) is 19.9 Å². The third-order valence-corrected chi connectivity index (χ3v) is 6.72. The van der Waals surface area contributed by atoms with Crippen LogP contribution in [0.25, 0.3) is 6.08 Å². The van der Waals surface area contributed by atoms with Crippen LogP contribution in [-0.2, 0) is 4.79 Å². The summed E-state index contributed by atoms with van der Waals surface area (Å²) >= 11 is 4.71. The first-order valence-corrected chi connectivity index (χ1v) is 12.2. The van der Waals surface area contributed by atoms with Crippen LogP contribution in [0.1, 0.15) is 31.0 Å². The number of benzene rings is 3. The predicted molar refractivity (Wildman–Crippen MR) is 138 cm³/mol. The van der Waals surface area contributed by atoms with Crippen molar-refractivity contribution in [3.63, 3.8) is 0 Å². The molecule has 4 rings (SSSR count). The van der Waals surface area contributed by atoms with Gasteiger partial charge in [-0.1, -0.05) is 48.5 Å². The number of aromatic hydroxyl groups is 1. The summed E-state index contributed by atoms with van der Waals surface area (Å²) in [5.74, 6) is 0.283. The van der Waals surface area contributed by atoms with Crippen molar-refractivity contribution in [1.82, 2.24) is 4.90 Å². The number of thioether (sulfide) groups is 1. The summed E-state index contributed by atoms with van der Waals surface area (Å²) in [5, 5.41) is 10.8. The molecular weight excluding hydrogens is 500 g/mol. The van der Waals surface area contributed by atoms with Gasteiger partial charge in [0.15, 0.2) is 16.7 Å². The fourth-order valence-corrected chi connectivity index (χ4v) is 5.02. The molecule has 0 spiro atoms. The molecule has 3 aromatic carbocycles. The second-order valence-corrected chi connectivity index (χ2v) is 9.25. The van der Waals surface area contributed by atoms with Gasteiger partial charge < -0.3 is 9.84 Å². The average Bonchev–Trinajstić information content (AvgIpc) is 3.12. The van der Waals surface area contributed by atoms with Crippen molar-refractivity contribution in [2.24, 2.45) is 4.99 Å². The van der Waals surface area contributed by atoms with Crippen LogP contribution in [-0.4, -0.2) is 27.7 Å². The minimum absolute atomic E-state index is 0.0371. The summed E-state index contributed by atoms with van der Waals surface area (Å²) in [4.78, 5) is 20.6. The van der Waals surface area contributed by atoms with Gasteiger partial charge in [-0.05, 0) is 83.0 Å². The molecule has 1 aliphatic rings. The molecular formula is C26H23BrN2O3S. The van der Waals surface area contributed by atoms with Crippen LogP contribution in [0.3, 0.4) is 0 Å². The van der Waals surface area contributed by atoms with Gasteiger partial charge in [-0.25, -0.2) is 4.99 Å². The van der Waals surface area contributed by atoms with Gasteiger partial charge in [-0.15, -0.1) is 0 Å². The van der Waals surface area contributed by atoms with E-state index < -0.39 is 0 Å². The monoisotopic (exact) mass is 522 g/mol. The highest BCUT2D eigenvalue weighted by molar-refractivity contribution is 9.10. The molecule has 0 aliphatic carbocycles. The zero-order chi connectivity index (χ0) is 23.4. The molecule has 3 aromatic rings. The van der Waals surface area contributed by atoms with Crippen LogP contribution in [0.4, 0.5) is 5.69 Å². The number of para-hydroxylation sites is 1.